The van der Waals surface area contributed by atoms with E-state index in [9.17, 15) is 26.3 Å². The number of benzene rings is 1. The van der Waals surface area contributed by atoms with Crippen LogP contribution in [0.1, 0.15) is 24.8 Å². The summed E-state index contributed by atoms with van der Waals surface area (Å²) in [5, 5.41) is 5.47. The van der Waals surface area contributed by atoms with E-state index in [1.54, 1.807) is 0 Å². The Morgan fingerprint density at radius 2 is 1.71 bits per heavy atom. The quantitative estimate of drug-likeness (QED) is 0.686. The van der Waals surface area contributed by atoms with E-state index in [-0.39, 0.29) is 23.6 Å². The molecule has 1 heterocycles. The van der Waals surface area contributed by atoms with E-state index in [1.165, 1.54) is 12.1 Å². The Balaban J connectivity index is 1.82. The van der Waals surface area contributed by atoms with Gasteiger partial charge >= 0.3 is 18.4 Å². The van der Waals surface area contributed by atoms with Crippen LogP contribution in [-0.2, 0) is 6.18 Å². The Kier molecular flexibility index (Phi) is 5.47. The van der Waals surface area contributed by atoms with Gasteiger partial charge in [-0.3, -0.25) is 0 Å². The topological polar surface area (TPSA) is 72.0 Å². The van der Waals surface area contributed by atoms with E-state index in [0.717, 1.165) is 31.4 Å². The molecule has 0 aliphatic heterocycles. The molecule has 0 spiro atoms. The van der Waals surface area contributed by atoms with Crippen LogP contribution in [0.5, 0.6) is 6.01 Å². The van der Waals surface area contributed by atoms with Gasteiger partial charge in [-0.1, -0.05) is 6.07 Å². The normalized spacial score (nSPS) is 15.1. The Bertz CT molecular complexity index is 822. The summed E-state index contributed by atoms with van der Waals surface area (Å²) in [6.07, 6.45) is -6.45. The molecule has 1 aliphatic carbocycles. The molecule has 1 fully saturated rings. The lowest BCUT2D eigenvalue weighted by Crippen LogP contribution is -2.28. The van der Waals surface area contributed by atoms with Gasteiger partial charge in [-0.05, 0) is 37.5 Å². The molecule has 3 rings (SSSR count). The first-order chi connectivity index (χ1) is 13.1. The third kappa shape index (κ3) is 5.60. The van der Waals surface area contributed by atoms with Gasteiger partial charge < -0.3 is 15.4 Å². The van der Waals surface area contributed by atoms with E-state index < -0.39 is 30.5 Å². The van der Waals surface area contributed by atoms with Crippen molar-refractivity contribution < 1.29 is 31.1 Å². The fraction of sp³-hybridized carbons (Fsp3) is 0.438. The van der Waals surface area contributed by atoms with Gasteiger partial charge in [0.05, 0.1) is 5.56 Å². The summed E-state index contributed by atoms with van der Waals surface area (Å²) >= 11 is 0. The van der Waals surface area contributed by atoms with Gasteiger partial charge in [0.25, 0.3) is 0 Å². The van der Waals surface area contributed by atoms with Gasteiger partial charge in [0.2, 0.25) is 11.9 Å². The van der Waals surface area contributed by atoms with E-state index >= 15 is 0 Å². The third-order valence-corrected chi connectivity index (χ3v) is 3.86. The van der Waals surface area contributed by atoms with Gasteiger partial charge in [-0.15, -0.1) is 0 Å². The minimum absolute atomic E-state index is 0.0115. The first kappa shape index (κ1) is 20.0. The highest BCUT2D eigenvalue weighted by Crippen LogP contribution is 2.31. The molecule has 28 heavy (non-hydrogen) atoms. The maximum absolute atomic E-state index is 12.8. The number of halogens is 6. The van der Waals surface area contributed by atoms with Crippen molar-refractivity contribution in [3.05, 3.63) is 29.8 Å². The van der Waals surface area contributed by atoms with Gasteiger partial charge in [0, 0.05) is 11.7 Å². The number of nitrogens with zero attached hydrogens (tertiary/aromatic N) is 3. The number of alkyl halides is 6. The summed E-state index contributed by atoms with van der Waals surface area (Å²) in [5.41, 5.74) is -0.884. The molecule has 6 nitrogen and oxygen atoms in total. The summed E-state index contributed by atoms with van der Waals surface area (Å²) in [6.45, 7) is -1.61. The zero-order chi connectivity index (χ0) is 20.4. The fourth-order valence-corrected chi connectivity index (χ4v) is 2.33. The lowest BCUT2D eigenvalue weighted by Gasteiger charge is -2.26. The van der Waals surface area contributed by atoms with Crippen molar-refractivity contribution in [2.75, 3.05) is 17.2 Å². The molecule has 2 N–H and O–H groups in total. The number of hydrogen-bond donors (Lipinski definition) is 2. The monoisotopic (exact) mass is 407 g/mol. The van der Waals surface area contributed by atoms with Crippen LogP contribution in [0.15, 0.2) is 24.3 Å². The van der Waals surface area contributed by atoms with Crippen molar-refractivity contribution in [2.45, 2.75) is 37.7 Å². The van der Waals surface area contributed by atoms with Crippen LogP contribution in [0, 0.1) is 0 Å². The molecule has 0 unspecified atom stereocenters. The SMILES string of the molecule is FC(F)(F)COc1nc(Nc2cccc(C(F)(F)F)c2)nc(NC2CCC2)n1. The summed E-state index contributed by atoms with van der Waals surface area (Å²) < 4.78 is 80.2. The summed E-state index contributed by atoms with van der Waals surface area (Å²) in [7, 11) is 0. The van der Waals surface area contributed by atoms with Crippen LogP contribution < -0.4 is 15.4 Å². The van der Waals surface area contributed by atoms with Gasteiger partial charge in [0.1, 0.15) is 0 Å². The van der Waals surface area contributed by atoms with Crippen LogP contribution >= 0.6 is 0 Å². The summed E-state index contributed by atoms with van der Waals surface area (Å²) in [5.74, 6) is -0.264. The lowest BCUT2D eigenvalue weighted by atomic mass is 9.93. The number of hydrogen-bond acceptors (Lipinski definition) is 6. The summed E-state index contributed by atoms with van der Waals surface area (Å²) in [6, 6.07) is 3.72. The molecule has 152 valence electrons. The number of aromatic nitrogens is 3. The Morgan fingerprint density at radius 1 is 1.00 bits per heavy atom. The maximum Gasteiger partial charge on any atom is 0.422 e. The highest BCUT2D eigenvalue weighted by molar-refractivity contribution is 5.56. The number of anilines is 3. The van der Waals surface area contributed by atoms with E-state index in [2.05, 4.69) is 30.3 Å². The van der Waals surface area contributed by atoms with Crippen molar-refractivity contribution in [3.63, 3.8) is 0 Å². The van der Waals surface area contributed by atoms with Crippen molar-refractivity contribution in [2.24, 2.45) is 0 Å². The molecule has 1 saturated carbocycles. The molecule has 1 aromatic heterocycles. The van der Waals surface area contributed by atoms with Gasteiger partial charge in [0.15, 0.2) is 6.61 Å². The Morgan fingerprint density at radius 3 is 2.32 bits per heavy atom. The van der Waals surface area contributed by atoms with Crippen LogP contribution in [-0.4, -0.2) is 33.8 Å². The molecule has 1 aromatic carbocycles. The highest BCUT2D eigenvalue weighted by Gasteiger charge is 2.31. The van der Waals surface area contributed by atoms with E-state index in [1.807, 2.05) is 0 Å². The molecule has 0 radical (unpaired) electrons. The molecule has 0 atom stereocenters. The minimum atomic E-state index is -4.59. The number of nitrogens with one attached hydrogen (secondary N) is 2. The average Bonchev–Trinajstić information content (AvgIpc) is 2.55. The molecular weight excluding hydrogens is 392 g/mol. The third-order valence-electron chi connectivity index (χ3n) is 3.86. The van der Waals surface area contributed by atoms with Crippen LogP contribution in [0.2, 0.25) is 0 Å². The molecular formula is C16H15F6N5O. The van der Waals surface area contributed by atoms with Crippen LogP contribution in [0.4, 0.5) is 43.9 Å². The van der Waals surface area contributed by atoms with Crippen LogP contribution in [0.25, 0.3) is 0 Å². The minimum Gasteiger partial charge on any atom is -0.454 e. The molecule has 0 bridgehead atoms. The maximum atomic E-state index is 12.8. The van der Waals surface area contributed by atoms with Crippen molar-refractivity contribution in [3.8, 4) is 6.01 Å². The highest BCUT2D eigenvalue weighted by atomic mass is 19.4. The largest absolute Gasteiger partial charge is 0.454 e. The fourth-order valence-electron chi connectivity index (χ4n) is 2.33. The van der Waals surface area contributed by atoms with E-state index in [4.69, 9.17) is 0 Å². The van der Waals surface area contributed by atoms with Crippen molar-refractivity contribution in [1.29, 1.82) is 0 Å². The first-order valence-corrected chi connectivity index (χ1v) is 8.25. The molecule has 0 saturated heterocycles. The first-order valence-electron chi connectivity index (χ1n) is 8.25. The second-order valence-corrected chi connectivity index (χ2v) is 6.14. The number of ether oxygens (including phenoxy) is 1. The number of rotatable bonds is 6. The van der Waals surface area contributed by atoms with Gasteiger partial charge in [-0.25, -0.2) is 0 Å². The molecule has 12 heteroatoms. The Hall–Kier alpha value is -2.79. The smallest absolute Gasteiger partial charge is 0.422 e. The van der Waals surface area contributed by atoms with E-state index in [0.29, 0.717) is 0 Å². The average molecular weight is 407 g/mol. The van der Waals surface area contributed by atoms with Gasteiger partial charge in [-0.2, -0.15) is 41.3 Å². The lowest BCUT2D eigenvalue weighted by molar-refractivity contribution is -0.154. The van der Waals surface area contributed by atoms with Crippen molar-refractivity contribution in [1.82, 2.24) is 15.0 Å². The molecule has 0 amide bonds. The van der Waals surface area contributed by atoms with Crippen LogP contribution in [0.3, 0.4) is 0 Å². The predicted octanol–water partition coefficient (Wildman–Crippen LogP) is 4.54. The second-order valence-electron chi connectivity index (χ2n) is 6.14. The standard InChI is InChI=1S/C16H15F6N5O/c17-15(18,19)8-28-14-26-12(23-10-4-2-5-10)25-13(27-14)24-11-6-1-3-9(7-11)16(20,21)22/h1,3,6-7,10H,2,4-5,8H2,(H2,23,24,25,26,27). The predicted molar refractivity (Wildman–Crippen MR) is 87.4 cm³/mol. The Labute approximate surface area is 155 Å². The molecule has 1 aliphatic rings. The second kappa shape index (κ2) is 7.68. The summed E-state index contributed by atoms with van der Waals surface area (Å²) in [4.78, 5) is 11.5. The van der Waals surface area contributed by atoms with Crippen molar-refractivity contribution >= 4 is 17.6 Å². The zero-order valence-corrected chi connectivity index (χ0v) is 14.2. The molecule has 2 aromatic rings. The zero-order valence-electron chi connectivity index (χ0n) is 14.2.